The lowest BCUT2D eigenvalue weighted by atomic mass is 9.95. The zero-order valence-corrected chi connectivity index (χ0v) is 12.4. The molecule has 3 rings (SSSR count). The predicted octanol–water partition coefficient (Wildman–Crippen LogP) is 1.60. The first kappa shape index (κ1) is 15.0. The average molecular weight is 306 g/mol. The molecule has 2 aliphatic rings. The maximum atomic E-state index is 14.2. The number of hydrogen-bond donors (Lipinski definition) is 3. The number of rotatable bonds is 4. The summed E-state index contributed by atoms with van der Waals surface area (Å²) in [7, 11) is 0. The standard InChI is InChI=1S/C16H19FN2O3/c1-16(8-20,10-3-4-10)19-15(22)11-6-9-2-5-14(21)18-13(9)7-12(11)17/h6-7,10,20H,2-5,8H2,1H3,(H,18,21)(H,19,22). The van der Waals surface area contributed by atoms with Gasteiger partial charge in [-0.15, -0.1) is 0 Å². The molecule has 1 atom stereocenters. The molecule has 0 aromatic heterocycles. The largest absolute Gasteiger partial charge is 0.394 e. The number of aliphatic hydroxyl groups excluding tert-OH is 1. The Morgan fingerprint density at radius 1 is 1.45 bits per heavy atom. The van der Waals surface area contributed by atoms with Gasteiger partial charge in [0.05, 0.1) is 17.7 Å². The highest BCUT2D eigenvalue weighted by Crippen LogP contribution is 2.39. The normalized spacial score (nSPS) is 19.9. The Kier molecular flexibility index (Phi) is 3.64. The molecule has 1 aliphatic carbocycles. The maximum absolute atomic E-state index is 14.2. The van der Waals surface area contributed by atoms with Crippen molar-refractivity contribution in [2.75, 3.05) is 11.9 Å². The number of halogens is 1. The molecule has 1 fully saturated rings. The maximum Gasteiger partial charge on any atom is 0.254 e. The van der Waals surface area contributed by atoms with Crippen molar-refractivity contribution in [2.24, 2.45) is 5.92 Å². The van der Waals surface area contributed by atoms with Gasteiger partial charge in [-0.05, 0) is 49.8 Å². The summed E-state index contributed by atoms with van der Waals surface area (Å²) in [6, 6.07) is 2.68. The number of aliphatic hydroxyl groups is 1. The second-order valence-electron chi connectivity index (χ2n) is 6.34. The van der Waals surface area contributed by atoms with E-state index >= 15 is 0 Å². The lowest BCUT2D eigenvalue weighted by Gasteiger charge is -2.29. The van der Waals surface area contributed by atoms with Gasteiger partial charge in [0.25, 0.3) is 5.91 Å². The van der Waals surface area contributed by atoms with Crippen LogP contribution in [0.4, 0.5) is 10.1 Å². The topological polar surface area (TPSA) is 78.4 Å². The molecule has 0 bridgehead atoms. The van der Waals surface area contributed by atoms with Crippen molar-refractivity contribution < 1.29 is 19.1 Å². The van der Waals surface area contributed by atoms with Crippen LogP contribution < -0.4 is 10.6 Å². The van der Waals surface area contributed by atoms with Gasteiger partial charge in [0.15, 0.2) is 0 Å². The number of amides is 2. The number of carbonyl (C=O) groups is 2. The van der Waals surface area contributed by atoms with E-state index in [0.717, 1.165) is 18.4 Å². The van der Waals surface area contributed by atoms with Gasteiger partial charge in [0.2, 0.25) is 5.91 Å². The number of carbonyl (C=O) groups excluding carboxylic acids is 2. The third kappa shape index (κ3) is 2.70. The van der Waals surface area contributed by atoms with E-state index < -0.39 is 17.3 Å². The molecule has 2 amide bonds. The van der Waals surface area contributed by atoms with Gasteiger partial charge < -0.3 is 15.7 Å². The van der Waals surface area contributed by atoms with E-state index in [0.29, 0.717) is 18.5 Å². The van der Waals surface area contributed by atoms with Crippen molar-refractivity contribution in [3.8, 4) is 0 Å². The minimum Gasteiger partial charge on any atom is -0.394 e. The van der Waals surface area contributed by atoms with E-state index in [1.165, 1.54) is 12.1 Å². The van der Waals surface area contributed by atoms with E-state index in [1.807, 2.05) is 0 Å². The highest BCUT2D eigenvalue weighted by Gasteiger charge is 2.42. The van der Waals surface area contributed by atoms with E-state index in [1.54, 1.807) is 6.92 Å². The molecular formula is C16H19FN2O3. The molecule has 1 aromatic carbocycles. The second kappa shape index (κ2) is 5.35. The second-order valence-corrected chi connectivity index (χ2v) is 6.34. The molecular weight excluding hydrogens is 287 g/mol. The molecule has 0 radical (unpaired) electrons. The van der Waals surface area contributed by atoms with Crippen LogP contribution in [0, 0.1) is 11.7 Å². The summed E-state index contributed by atoms with van der Waals surface area (Å²) in [5.74, 6) is -1.11. The molecule has 1 aromatic rings. The molecule has 0 spiro atoms. The van der Waals surface area contributed by atoms with Gasteiger partial charge in [-0.25, -0.2) is 4.39 Å². The minimum atomic E-state index is -0.715. The van der Waals surface area contributed by atoms with Crippen molar-refractivity contribution in [2.45, 2.75) is 38.1 Å². The minimum absolute atomic E-state index is 0.0461. The van der Waals surface area contributed by atoms with Crippen LogP contribution in [0.1, 0.15) is 42.1 Å². The summed E-state index contributed by atoms with van der Waals surface area (Å²) in [6.07, 6.45) is 2.73. The number of benzene rings is 1. The van der Waals surface area contributed by atoms with Gasteiger partial charge in [-0.1, -0.05) is 0 Å². The van der Waals surface area contributed by atoms with Crippen LogP contribution in [0.2, 0.25) is 0 Å². The molecule has 3 N–H and O–H groups in total. The van der Waals surface area contributed by atoms with Crippen LogP contribution in [0.3, 0.4) is 0 Å². The lowest BCUT2D eigenvalue weighted by Crippen LogP contribution is -2.51. The third-order valence-corrected chi connectivity index (χ3v) is 4.54. The highest BCUT2D eigenvalue weighted by molar-refractivity contribution is 5.98. The highest BCUT2D eigenvalue weighted by atomic mass is 19.1. The Morgan fingerprint density at radius 3 is 2.82 bits per heavy atom. The summed E-state index contributed by atoms with van der Waals surface area (Å²) in [5.41, 5.74) is 0.420. The quantitative estimate of drug-likeness (QED) is 0.790. The average Bonchev–Trinajstić information content (AvgIpc) is 3.31. The third-order valence-electron chi connectivity index (χ3n) is 4.54. The Labute approximate surface area is 127 Å². The van der Waals surface area contributed by atoms with Crippen LogP contribution in [0.15, 0.2) is 12.1 Å². The van der Waals surface area contributed by atoms with Crippen molar-refractivity contribution in [1.82, 2.24) is 5.32 Å². The number of hydrogen-bond acceptors (Lipinski definition) is 3. The smallest absolute Gasteiger partial charge is 0.254 e. The van der Waals surface area contributed by atoms with Gasteiger partial charge in [-0.3, -0.25) is 9.59 Å². The number of anilines is 1. The van der Waals surface area contributed by atoms with Crippen LogP contribution in [0.25, 0.3) is 0 Å². The Hall–Kier alpha value is -1.95. The van der Waals surface area contributed by atoms with Crippen LogP contribution >= 0.6 is 0 Å². The van der Waals surface area contributed by atoms with Gasteiger partial charge >= 0.3 is 0 Å². The fourth-order valence-electron chi connectivity index (χ4n) is 2.89. The van der Waals surface area contributed by atoms with Crippen molar-refractivity contribution in [3.05, 3.63) is 29.1 Å². The molecule has 1 saturated carbocycles. The van der Waals surface area contributed by atoms with Gasteiger partial charge in [0, 0.05) is 12.1 Å². The summed E-state index contributed by atoms with van der Waals surface area (Å²) in [4.78, 5) is 23.7. The van der Waals surface area contributed by atoms with E-state index in [2.05, 4.69) is 10.6 Å². The van der Waals surface area contributed by atoms with E-state index in [-0.39, 0.29) is 24.0 Å². The van der Waals surface area contributed by atoms with E-state index in [4.69, 9.17) is 0 Å². The molecule has 5 nitrogen and oxygen atoms in total. The first-order valence-electron chi connectivity index (χ1n) is 7.48. The van der Waals surface area contributed by atoms with Gasteiger partial charge in [0.1, 0.15) is 5.82 Å². The van der Waals surface area contributed by atoms with E-state index in [9.17, 15) is 19.1 Å². The monoisotopic (exact) mass is 306 g/mol. The van der Waals surface area contributed by atoms with Crippen LogP contribution in [-0.4, -0.2) is 29.1 Å². The summed E-state index contributed by atoms with van der Waals surface area (Å²) in [5, 5.41) is 14.9. The van der Waals surface area contributed by atoms with Crippen molar-refractivity contribution >= 4 is 17.5 Å². The molecule has 1 unspecified atom stereocenters. The van der Waals surface area contributed by atoms with Gasteiger partial charge in [-0.2, -0.15) is 0 Å². The summed E-state index contributed by atoms with van der Waals surface area (Å²) < 4.78 is 14.2. The van der Waals surface area contributed by atoms with Crippen LogP contribution in [0.5, 0.6) is 0 Å². The number of aryl methyl sites for hydroxylation is 1. The first-order valence-corrected chi connectivity index (χ1v) is 7.48. The Balaban J connectivity index is 1.85. The zero-order valence-electron chi connectivity index (χ0n) is 12.4. The lowest BCUT2D eigenvalue weighted by molar-refractivity contribution is -0.116. The molecule has 1 heterocycles. The first-order chi connectivity index (χ1) is 10.4. The Bertz CT molecular complexity index is 643. The predicted molar refractivity (Wildman–Crippen MR) is 79.0 cm³/mol. The fourth-order valence-corrected chi connectivity index (χ4v) is 2.89. The summed E-state index contributed by atoms with van der Waals surface area (Å²) in [6.45, 7) is 1.60. The zero-order chi connectivity index (χ0) is 15.9. The van der Waals surface area contributed by atoms with Crippen molar-refractivity contribution in [1.29, 1.82) is 0 Å². The molecule has 0 saturated heterocycles. The Morgan fingerprint density at radius 2 is 2.18 bits per heavy atom. The molecule has 6 heteroatoms. The number of fused-ring (bicyclic) bond motifs is 1. The summed E-state index contributed by atoms with van der Waals surface area (Å²) >= 11 is 0. The molecule has 22 heavy (non-hydrogen) atoms. The van der Waals surface area contributed by atoms with Crippen LogP contribution in [-0.2, 0) is 11.2 Å². The van der Waals surface area contributed by atoms with Crippen molar-refractivity contribution in [3.63, 3.8) is 0 Å². The fraction of sp³-hybridized carbons (Fsp3) is 0.500. The number of nitrogens with one attached hydrogen (secondary N) is 2. The molecule has 1 aliphatic heterocycles. The SMILES string of the molecule is CC(CO)(NC(=O)c1cc2c(cc1F)NC(=O)CC2)C1CC1. The molecule has 118 valence electrons.